The molecule has 4 aromatic rings. The fraction of sp³-hybridized carbons (Fsp3) is 0.154. The second kappa shape index (κ2) is 10.3. The summed E-state index contributed by atoms with van der Waals surface area (Å²) in [7, 11) is 0. The predicted octanol–water partition coefficient (Wildman–Crippen LogP) is 4.75. The van der Waals surface area contributed by atoms with Gasteiger partial charge in [-0.3, -0.25) is 14.2 Å². The first-order chi connectivity index (χ1) is 16.0. The number of amides is 1. The summed E-state index contributed by atoms with van der Waals surface area (Å²) in [5, 5.41) is 5.03. The van der Waals surface area contributed by atoms with E-state index in [1.807, 2.05) is 54.6 Å². The molecule has 0 unspecified atom stereocenters. The van der Waals surface area contributed by atoms with Crippen molar-refractivity contribution in [3.63, 3.8) is 0 Å². The quantitative estimate of drug-likeness (QED) is 0.188. The van der Waals surface area contributed by atoms with Crippen molar-refractivity contribution in [2.24, 2.45) is 5.10 Å². The molecule has 1 amide bonds. The molecule has 33 heavy (non-hydrogen) atoms. The van der Waals surface area contributed by atoms with Gasteiger partial charge in [0.2, 0.25) is 0 Å². The Labute approximate surface area is 196 Å². The molecule has 0 spiro atoms. The van der Waals surface area contributed by atoms with Crippen molar-refractivity contribution in [1.29, 1.82) is 0 Å². The molecule has 0 saturated carbocycles. The van der Waals surface area contributed by atoms with Crippen LogP contribution in [0.1, 0.15) is 30.9 Å². The van der Waals surface area contributed by atoms with Gasteiger partial charge in [0.1, 0.15) is 0 Å². The Kier molecular flexibility index (Phi) is 7.00. The van der Waals surface area contributed by atoms with Crippen LogP contribution in [0.25, 0.3) is 16.6 Å². The van der Waals surface area contributed by atoms with Crippen LogP contribution < -0.4 is 11.0 Å². The van der Waals surface area contributed by atoms with Crippen LogP contribution in [0.4, 0.5) is 0 Å². The molecule has 0 aliphatic rings. The Balaban J connectivity index is 1.49. The number of carbonyl (C=O) groups excluding carboxylic acids is 1. The lowest BCUT2D eigenvalue weighted by molar-refractivity contribution is -0.118. The van der Waals surface area contributed by atoms with E-state index in [9.17, 15) is 9.59 Å². The van der Waals surface area contributed by atoms with Gasteiger partial charge in [-0.25, -0.2) is 10.4 Å². The molecule has 4 rings (SSSR count). The number of hydrogen-bond acceptors (Lipinski definition) is 5. The van der Waals surface area contributed by atoms with Crippen molar-refractivity contribution in [3.8, 4) is 5.69 Å². The largest absolute Gasteiger partial charge is 0.272 e. The zero-order chi connectivity index (χ0) is 23.2. The maximum Gasteiger partial charge on any atom is 0.266 e. The lowest BCUT2D eigenvalue weighted by Crippen LogP contribution is -2.24. The van der Waals surface area contributed by atoms with E-state index in [1.54, 1.807) is 22.9 Å². The highest BCUT2D eigenvalue weighted by molar-refractivity contribution is 7.99. The molecule has 0 bridgehead atoms. The van der Waals surface area contributed by atoms with Gasteiger partial charge in [-0.1, -0.05) is 80.2 Å². The van der Waals surface area contributed by atoms with E-state index < -0.39 is 0 Å². The zero-order valence-electron chi connectivity index (χ0n) is 18.4. The van der Waals surface area contributed by atoms with Gasteiger partial charge in [-0.05, 0) is 41.3 Å². The number of nitrogens with zero attached hydrogens (tertiary/aromatic N) is 3. The Bertz CT molecular complexity index is 1350. The molecule has 166 valence electrons. The second-order valence-corrected chi connectivity index (χ2v) is 8.73. The highest BCUT2D eigenvalue weighted by Gasteiger charge is 2.14. The molecule has 0 aliphatic heterocycles. The maximum atomic E-state index is 13.2. The molecule has 0 atom stereocenters. The highest BCUT2D eigenvalue weighted by Crippen LogP contribution is 2.21. The molecule has 1 N–H and O–H groups in total. The average Bonchev–Trinajstić information content (AvgIpc) is 2.84. The van der Waals surface area contributed by atoms with Crippen LogP contribution in [0.3, 0.4) is 0 Å². The molecule has 0 radical (unpaired) electrons. The smallest absolute Gasteiger partial charge is 0.266 e. The number of fused-ring (bicyclic) bond motifs is 1. The third kappa shape index (κ3) is 5.38. The molecule has 1 heterocycles. The first kappa shape index (κ1) is 22.5. The molecular formula is C26H24N4O2S. The summed E-state index contributed by atoms with van der Waals surface area (Å²) in [6.07, 6.45) is 1.61. The summed E-state index contributed by atoms with van der Waals surface area (Å²) in [5.74, 6) is 0.253. The fourth-order valence-electron chi connectivity index (χ4n) is 3.32. The van der Waals surface area contributed by atoms with Gasteiger partial charge < -0.3 is 0 Å². The van der Waals surface area contributed by atoms with Gasteiger partial charge >= 0.3 is 0 Å². The molecule has 7 heteroatoms. The highest BCUT2D eigenvalue weighted by atomic mass is 32.2. The van der Waals surface area contributed by atoms with E-state index in [0.29, 0.717) is 27.7 Å². The number of rotatable bonds is 7. The van der Waals surface area contributed by atoms with E-state index >= 15 is 0 Å². The predicted molar refractivity (Wildman–Crippen MR) is 134 cm³/mol. The van der Waals surface area contributed by atoms with Gasteiger partial charge in [-0.2, -0.15) is 5.10 Å². The normalized spacial score (nSPS) is 11.4. The summed E-state index contributed by atoms with van der Waals surface area (Å²) >= 11 is 1.20. The van der Waals surface area contributed by atoms with Crippen LogP contribution in [-0.2, 0) is 4.79 Å². The van der Waals surface area contributed by atoms with Crippen molar-refractivity contribution in [2.45, 2.75) is 24.9 Å². The molecule has 0 fully saturated rings. The standard InChI is InChI=1S/C26H24N4O2S/c1-18(2)20-14-12-19(13-15-20)16-27-29-24(31)17-33-26-28-23-11-7-6-10-22(23)25(32)30(26)21-8-4-3-5-9-21/h3-16,18H,17H2,1-2H3,(H,29,31)/b27-16-. The summed E-state index contributed by atoms with van der Waals surface area (Å²) < 4.78 is 1.54. The Morgan fingerprint density at radius 2 is 1.73 bits per heavy atom. The molecule has 6 nitrogen and oxygen atoms in total. The van der Waals surface area contributed by atoms with E-state index in [2.05, 4.69) is 41.5 Å². The van der Waals surface area contributed by atoms with E-state index in [0.717, 1.165) is 5.56 Å². The number of hydrazone groups is 1. The topological polar surface area (TPSA) is 76.3 Å². The van der Waals surface area contributed by atoms with Crippen LogP contribution in [-0.4, -0.2) is 27.4 Å². The monoisotopic (exact) mass is 456 g/mol. The van der Waals surface area contributed by atoms with Crippen molar-refractivity contribution in [1.82, 2.24) is 15.0 Å². The van der Waals surface area contributed by atoms with E-state index in [4.69, 9.17) is 0 Å². The van der Waals surface area contributed by atoms with Crippen LogP contribution in [0, 0.1) is 0 Å². The van der Waals surface area contributed by atoms with Gasteiger partial charge in [0.25, 0.3) is 11.5 Å². The number of thioether (sulfide) groups is 1. The summed E-state index contributed by atoms with van der Waals surface area (Å²) in [5.41, 5.74) is 5.83. The minimum absolute atomic E-state index is 0.0707. The first-order valence-corrected chi connectivity index (χ1v) is 11.6. The van der Waals surface area contributed by atoms with Crippen molar-refractivity contribution in [2.75, 3.05) is 5.75 Å². The Hall–Kier alpha value is -3.71. The minimum Gasteiger partial charge on any atom is -0.272 e. The Morgan fingerprint density at radius 1 is 1.03 bits per heavy atom. The van der Waals surface area contributed by atoms with Crippen LogP contribution >= 0.6 is 11.8 Å². The third-order valence-electron chi connectivity index (χ3n) is 5.10. The van der Waals surface area contributed by atoms with Gasteiger partial charge in [-0.15, -0.1) is 0 Å². The lowest BCUT2D eigenvalue weighted by Gasteiger charge is -2.12. The van der Waals surface area contributed by atoms with Crippen LogP contribution in [0.15, 0.2) is 93.9 Å². The van der Waals surface area contributed by atoms with Crippen LogP contribution in [0.5, 0.6) is 0 Å². The van der Waals surface area contributed by atoms with Crippen molar-refractivity contribution < 1.29 is 4.79 Å². The summed E-state index contributed by atoms with van der Waals surface area (Å²) in [6, 6.07) is 24.6. The van der Waals surface area contributed by atoms with Crippen molar-refractivity contribution in [3.05, 3.63) is 100 Å². The van der Waals surface area contributed by atoms with Gasteiger partial charge in [0.15, 0.2) is 5.16 Å². The van der Waals surface area contributed by atoms with E-state index in [-0.39, 0.29) is 17.2 Å². The lowest BCUT2D eigenvalue weighted by atomic mass is 10.0. The van der Waals surface area contributed by atoms with Gasteiger partial charge in [0, 0.05) is 0 Å². The minimum atomic E-state index is -0.280. The number of aromatic nitrogens is 2. The SMILES string of the molecule is CC(C)c1ccc(/C=N\NC(=O)CSc2nc3ccccc3c(=O)n2-c2ccccc2)cc1. The number of para-hydroxylation sites is 2. The number of hydrogen-bond donors (Lipinski definition) is 1. The number of nitrogens with one attached hydrogen (secondary N) is 1. The Morgan fingerprint density at radius 3 is 2.45 bits per heavy atom. The van der Waals surface area contributed by atoms with Crippen LogP contribution in [0.2, 0.25) is 0 Å². The average molecular weight is 457 g/mol. The van der Waals surface area contributed by atoms with Crippen molar-refractivity contribution >= 4 is 34.8 Å². The molecule has 0 aliphatic carbocycles. The number of carbonyl (C=O) groups is 1. The van der Waals surface area contributed by atoms with Gasteiger partial charge in [0.05, 0.1) is 28.6 Å². The summed E-state index contributed by atoms with van der Waals surface area (Å²) in [6.45, 7) is 4.28. The summed E-state index contributed by atoms with van der Waals surface area (Å²) in [4.78, 5) is 30.2. The molecule has 1 aromatic heterocycles. The zero-order valence-corrected chi connectivity index (χ0v) is 19.3. The van der Waals surface area contributed by atoms with E-state index in [1.165, 1.54) is 17.3 Å². The maximum absolute atomic E-state index is 13.2. The molecular weight excluding hydrogens is 432 g/mol. The molecule has 3 aromatic carbocycles. The fourth-order valence-corrected chi connectivity index (χ4v) is 4.13. The second-order valence-electron chi connectivity index (χ2n) is 7.79. The number of benzene rings is 3. The molecule has 0 saturated heterocycles. The first-order valence-electron chi connectivity index (χ1n) is 10.6. The third-order valence-corrected chi connectivity index (χ3v) is 6.04.